The SMILES string of the molecule is COC1OC/C=C/CCCCCCCCCC1I. The molecule has 1 aliphatic rings. The number of methoxy groups -OCH3 is 1. The maximum atomic E-state index is 5.76. The molecule has 2 nitrogen and oxygen atoms in total. The summed E-state index contributed by atoms with van der Waals surface area (Å²) >= 11 is 2.46. The highest BCUT2D eigenvalue weighted by Crippen LogP contribution is 2.20. The van der Waals surface area contributed by atoms with E-state index in [9.17, 15) is 0 Å². The first-order valence-electron chi connectivity index (χ1n) is 7.28. The molecule has 3 heteroatoms. The van der Waals surface area contributed by atoms with E-state index in [1.54, 1.807) is 7.11 Å². The molecule has 18 heavy (non-hydrogen) atoms. The van der Waals surface area contributed by atoms with Gasteiger partial charge in [-0.3, -0.25) is 0 Å². The van der Waals surface area contributed by atoms with Crippen LogP contribution in [0.3, 0.4) is 0 Å². The van der Waals surface area contributed by atoms with Crippen LogP contribution in [0.4, 0.5) is 0 Å². The number of ether oxygens (including phenoxy) is 2. The molecular weight excluding hydrogens is 339 g/mol. The van der Waals surface area contributed by atoms with Crippen LogP contribution in [-0.4, -0.2) is 23.9 Å². The normalized spacial score (nSPS) is 31.2. The summed E-state index contributed by atoms with van der Waals surface area (Å²) in [6, 6.07) is 0. The predicted octanol–water partition coefficient (Wildman–Crippen LogP) is 4.86. The Kier molecular flexibility index (Phi) is 10.3. The third-order valence-electron chi connectivity index (χ3n) is 3.40. The number of alkyl halides is 1. The van der Waals surface area contributed by atoms with Gasteiger partial charge >= 0.3 is 0 Å². The highest BCUT2D eigenvalue weighted by Gasteiger charge is 2.17. The zero-order valence-corrected chi connectivity index (χ0v) is 13.7. The number of allylic oxidation sites excluding steroid dienone is 1. The average Bonchev–Trinajstić information content (AvgIpc) is 2.39. The van der Waals surface area contributed by atoms with Gasteiger partial charge in [-0.25, -0.2) is 0 Å². The fourth-order valence-electron chi connectivity index (χ4n) is 2.28. The van der Waals surface area contributed by atoms with E-state index in [1.165, 1.54) is 57.8 Å². The van der Waals surface area contributed by atoms with Crippen molar-refractivity contribution in [2.24, 2.45) is 0 Å². The van der Waals surface area contributed by atoms with Gasteiger partial charge in [0, 0.05) is 7.11 Å². The van der Waals surface area contributed by atoms with Gasteiger partial charge in [-0.2, -0.15) is 0 Å². The molecule has 0 saturated heterocycles. The van der Waals surface area contributed by atoms with E-state index in [2.05, 4.69) is 34.7 Å². The molecule has 1 aliphatic heterocycles. The van der Waals surface area contributed by atoms with Gasteiger partial charge in [-0.1, -0.05) is 73.3 Å². The Balaban J connectivity index is 2.35. The molecule has 0 aromatic heterocycles. The second kappa shape index (κ2) is 11.2. The number of hydrogen-bond acceptors (Lipinski definition) is 2. The summed E-state index contributed by atoms with van der Waals surface area (Å²) in [4.78, 5) is 0. The monoisotopic (exact) mass is 366 g/mol. The van der Waals surface area contributed by atoms with Crippen molar-refractivity contribution >= 4 is 22.6 Å². The summed E-state index contributed by atoms with van der Waals surface area (Å²) in [5.41, 5.74) is 0. The molecule has 0 aromatic rings. The van der Waals surface area contributed by atoms with Crippen molar-refractivity contribution < 1.29 is 9.47 Å². The van der Waals surface area contributed by atoms with E-state index in [1.807, 2.05) is 0 Å². The van der Waals surface area contributed by atoms with Crippen LogP contribution in [0, 0.1) is 0 Å². The Morgan fingerprint density at radius 2 is 1.67 bits per heavy atom. The van der Waals surface area contributed by atoms with Crippen molar-refractivity contribution in [2.75, 3.05) is 13.7 Å². The van der Waals surface area contributed by atoms with Gasteiger partial charge in [0.2, 0.25) is 0 Å². The lowest BCUT2D eigenvalue weighted by atomic mass is 10.1. The lowest BCUT2D eigenvalue weighted by Crippen LogP contribution is -2.26. The Labute approximate surface area is 126 Å². The third kappa shape index (κ3) is 7.74. The molecule has 106 valence electrons. The van der Waals surface area contributed by atoms with Gasteiger partial charge in [0.15, 0.2) is 6.29 Å². The van der Waals surface area contributed by atoms with Crippen LogP contribution in [0.2, 0.25) is 0 Å². The molecule has 0 spiro atoms. The van der Waals surface area contributed by atoms with Gasteiger partial charge in [0.1, 0.15) is 0 Å². The number of halogens is 1. The summed E-state index contributed by atoms with van der Waals surface area (Å²) < 4.78 is 11.7. The van der Waals surface area contributed by atoms with E-state index in [-0.39, 0.29) is 6.29 Å². The van der Waals surface area contributed by atoms with Gasteiger partial charge in [0.05, 0.1) is 10.5 Å². The molecule has 1 rings (SSSR count). The molecule has 0 saturated carbocycles. The number of hydrogen-bond donors (Lipinski definition) is 0. The van der Waals surface area contributed by atoms with Gasteiger partial charge in [-0.15, -0.1) is 0 Å². The lowest BCUT2D eigenvalue weighted by Gasteiger charge is -2.21. The molecular formula is C15H27IO2. The highest BCUT2D eigenvalue weighted by molar-refractivity contribution is 14.1. The zero-order valence-electron chi connectivity index (χ0n) is 11.6. The molecule has 0 aliphatic carbocycles. The van der Waals surface area contributed by atoms with Crippen molar-refractivity contribution in [1.29, 1.82) is 0 Å². The predicted molar refractivity (Wildman–Crippen MR) is 85.3 cm³/mol. The van der Waals surface area contributed by atoms with Crippen molar-refractivity contribution in [1.82, 2.24) is 0 Å². The summed E-state index contributed by atoms with van der Waals surface area (Å²) in [6.45, 7) is 0.679. The summed E-state index contributed by atoms with van der Waals surface area (Å²) in [7, 11) is 1.74. The molecule has 0 bridgehead atoms. The molecule has 0 amide bonds. The van der Waals surface area contributed by atoms with Crippen molar-refractivity contribution in [2.45, 2.75) is 68.0 Å². The number of rotatable bonds is 1. The summed E-state index contributed by atoms with van der Waals surface area (Å²) in [5.74, 6) is 0. The second-order valence-electron chi connectivity index (χ2n) is 4.98. The average molecular weight is 366 g/mol. The summed E-state index contributed by atoms with van der Waals surface area (Å²) in [5, 5.41) is 0. The maximum absolute atomic E-state index is 5.76. The van der Waals surface area contributed by atoms with Crippen molar-refractivity contribution in [3.8, 4) is 0 Å². The highest BCUT2D eigenvalue weighted by atomic mass is 127. The Morgan fingerprint density at radius 3 is 2.39 bits per heavy atom. The minimum absolute atomic E-state index is 0.0552. The smallest absolute Gasteiger partial charge is 0.169 e. The minimum Gasteiger partial charge on any atom is -0.355 e. The standard InChI is InChI=1S/C15H27IO2/c1-17-15-14(16)12-10-8-6-4-2-3-5-7-9-11-13-18-15/h9,11,14-15H,2-8,10,12-13H2,1H3/b11-9+. The lowest BCUT2D eigenvalue weighted by molar-refractivity contribution is -0.112. The third-order valence-corrected chi connectivity index (χ3v) is 4.61. The van der Waals surface area contributed by atoms with Crippen molar-refractivity contribution in [3.63, 3.8) is 0 Å². The van der Waals surface area contributed by atoms with Crippen LogP contribution in [0.15, 0.2) is 12.2 Å². The first-order valence-corrected chi connectivity index (χ1v) is 8.52. The quantitative estimate of drug-likeness (QED) is 0.375. The Bertz CT molecular complexity index is 219. The second-order valence-corrected chi connectivity index (χ2v) is 6.58. The first-order chi connectivity index (χ1) is 8.84. The van der Waals surface area contributed by atoms with E-state index in [0.717, 1.165) is 0 Å². The van der Waals surface area contributed by atoms with E-state index >= 15 is 0 Å². The van der Waals surface area contributed by atoms with Crippen molar-refractivity contribution in [3.05, 3.63) is 12.2 Å². The topological polar surface area (TPSA) is 18.5 Å². The van der Waals surface area contributed by atoms with E-state index < -0.39 is 0 Å². The molecule has 1 heterocycles. The summed E-state index contributed by atoms with van der Waals surface area (Å²) in [6.07, 6.45) is 16.2. The fraction of sp³-hybridized carbons (Fsp3) is 0.867. The van der Waals surface area contributed by atoms with Gasteiger partial charge in [-0.05, 0) is 19.3 Å². The van der Waals surface area contributed by atoms with Crippen LogP contribution in [-0.2, 0) is 9.47 Å². The Hall–Kier alpha value is 0.390. The molecule has 0 fully saturated rings. The molecule has 2 unspecified atom stereocenters. The minimum atomic E-state index is -0.0552. The van der Waals surface area contributed by atoms with E-state index in [4.69, 9.17) is 9.47 Å². The molecule has 0 N–H and O–H groups in total. The Morgan fingerprint density at radius 1 is 1.00 bits per heavy atom. The fourth-order valence-corrected chi connectivity index (χ4v) is 3.22. The van der Waals surface area contributed by atoms with Crippen LogP contribution in [0.1, 0.15) is 57.8 Å². The largest absolute Gasteiger partial charge is 0.355 e. The molecule has 2 atom stereocenters. The molecule has 0 radical (unpaired) electrons. The van der Waals surface area contributed by atoms with Crippen LogP contribution in [0.25, 0.3) is 0 Å². The maximum Gasteiger partial charge on any atom is 0.169 e. The van der Waals surface area contributed by atoms with Gasteiger partial charge < -0.3 is 9.47 Å². The van der Waals surface area contributed by atoms with Crippen LogP contribution in [0.5, 0.6) is 0 Å². The van der Waals surface area contributed by atoms with Crippen LogP contribution >= 0.6 is 22.6 Å². The van der Waals surface area contributed by atoms with Crippen LogP contribution < -0.4 is 0 Å². The molecule has 0 aromatic carbocycles. The van der Waals surface area contributed by atoms with E-state index in [0.29, 0.717) is 10.5 Å². The zero-order chi connectivity index (χ0) is 13.1. The first kappa shape index (κ1) is 16.4. The van der Waals surface area contributed by atoms with Gasteiger partial charge in [0.25, 0.3) is 0 Å².